The summed E-state index contributed by atoms with van der Waals surface area (Å²) in [4.78, 5) is 0. The first kappa shape index (κ1) is 18.5. The number of rotatable bonds is 3. The van der Waals surface area contributed by atoms with Crippen LogP contribution in [-0.4, -0.2) is 0 Å². The lowest BCUT2D eigenvalue weighted by atomic mass is 10.1. The number of aryl methyl sites for hydroxylation is 1. The van der Waals surface area contributed by atoms with Crippen LogP contribution in [0.25, 0.3) is 0 Å². The Morgan fingerprint density at radius 1 is 0.636 bits per heavy atom. The highest BCUT2D eigenvalue weighted by atomic mass is 79.9. The Bertz CT molecular complexity index is 631. The summed E-state index contributed by atoms with van der Waals surface area (Å²) in [6, 6.07) is 21.0. The summed E-state index contributed by atoms with van der Waals surface area (Å²) in [5.41, 5.74) is 2.55. The van der Waals surface area contributed by atoms with Gasteiger partial charge in [-0.2, -0.15) is 0 Å². The van der Waals surface area contributed by atoms with Gasteiger partial charge >= 0.3 is 6.17 Å². The van der Waals surface area contributed by atoms with E-state index in [-0.39, 0.29) is 40.1 Å². The maximum atomic E-state index is 2.21. The fraction of sp³-hybridized carbons (Fsp3) is 0.111. The highest BCUT2D eigenvalue weighted by Crippen LogP contribution is 2.10. The molecule has 0 atom stereocenters. The van der Waals surface area contributed by atoms with Crippen LogP contribution in [0.15, 0.2) is 85.5 Å². The van der Waals surface area contributed by atoms with Crippen LogP contribution in [0.4, 0.5) is 0 Å². The van der Waals surface area contributed by atoms with Crippen molar-refractivity contribution in [3.8, 4) is 0 Å². The van der Waals surface area contributed by atoms with Gasteiger partial charge in [0.25, 0.3) is 0 Å². The summed E-state index contributed by atoms with van der Waals surface area (Å²) >= 11 is 0. The maximum Gasteiger partial charge on any atom is 0.379 e. The van der Waals surface area contributed by atoms with E-state index in [1.165, 1.54) is 11.1 Å². The molecule has 3 rings (SSSR count). The summed E-state index contributed by atoms with van der Waals surface area (Å²) in [6.07, 6.45) is 8.54. The zero-order chi connectivity index (χ0) is 13.8. The lowest BCUT2D eigenvalue weighted by Crippen LogP contribution is -3.00. The van der Waals surface area contributed by atoms with Crippen molar-refractivity contribution in [1.29, 1.82) is 0 Å². The molecule has 114 valence electrons. The summed E-state index contributed by atoms with van der Waals surface area (Å²) in [6.45, 7) is 2.12. The lowest BCUT2D eigenvalue weighted by molar-refractivity contribution is -0.934. The van der Waals surface area contributed by atoms with E-state index in [0.717, 1.165) is 0 Å². The van der Waals surface area contributed by atoms with Crippen LogP contribution < -0.4 is 43.1 Å². The lowest BCUT2D eigenvalue weighted by Gasteiger charge is -2.08. The van der Waals surface area contributed by atoms with Crippen molar-refractivity contribution in [2.75, 3.05) is 0 Å². The van der Waals surface area contributed by atoms with Gasteiger partial charge in [-0.3, -0.25) is 0 Å². The number of benzene rings is 1. The van der Waals surface area contributed by atoms with Crippen molar-refractivity contribution in [2.45, 2.75) is 13.1 Å². The molecule has 0 N–H and O–H groups in total. The minimum absolute atomic E-state index is 0. The Labute approximate surface area is 152 Å². The number of nitrogens with zero attached hydrogens (tertiary/aromatic N) is 2. The molecule has 0 aliphatic carbocycles. The van der Waals surface area contributed by atoms with Crippen LogP contribution in [0.1, 0.15) is 17.3 Å². The third kappa shape index (κ3) is 4.24. The second kappa shape index (κ2) is 8.81. The third-order valence-corrected chi connectivity index (χ3v) is 3.42. The fourth-order valence-corrected chi connectivity index (χ4v) is 2.39. The molecule has 1 aromatic carbocycles. The molecule has 2 nitrogen and oxygen atoms in total. The van der Waals surface area contributed by atoms with Crippen LogP contribution in [0, 0.1) is 6.92 Å². The molecule has 2 aromatic heterocycles. The van der Waals surface area contributed by atoms with Crippen molar-refractivity contribution in [3.63, 3.8) is 0 Å². The topological polar surface area (TPSA) is 7.76 Å². The molecular formula is C18H18Br2N2. The van der Waals surface area contributed by atoms with Gasteiger partial charge in [0, 0.05) is 24.3 Å². The molecule has 0 aliphatic heterocycles. The molecule has 0 spiro atoms. The van der Waals surface area contributed by atoms with E-state index in [2.05, 4.69) is 89.4 Å². The molecule has 0 unspecified atom stereocenters. The van der Waals surface area contributed by atoms with E-state index in [0.29, 0.717) is 0 Å². The minimum atomic E-state index is 0. The van der Waals surface area contributed by atoms with Gasteiger partial charge in [-0.05, 0) is 19.1 Å². The molecule has 0 amide bonds. The second-order valence-corrected chi connectivity index (χ2v) is 4.93. The van der Waals surface area contributed by atoms with E-state index >= 15 is 0 Å². The largest absolute Gasteiger partial charge is 1.00 e. The Morgan fingerprint density at radius 2 is 1.05 bits per heavy atom. The van der Waals surface area contributed by atoms with Crippen molar-refractivity contribution in [3.05, 3.63) is 96.6 Å². The first-order valence-corrected chi connectivity index (χ1v) is 6.83. The van der Waals surface area contributed by atoms with E-state index < -0.39 is 0 Å². The molecule has 2 heterocycles. The van der Waals surface area contributed by atoms with Gasteiger partial charge in [-0.25, -0.2) is 0 Å². The standard InChI is InChI=1S/C18H18N2.2BrH/c1-16-8-10-17(11-9-16)18(19-12-4-2-5-13-19)20-14-6-3-7-15-20;;/h2-15,18H,1H3;2*1H/q+2;;/p-2. The first-order chi connectivity index (χ1) is 9.84. The van der Waals surface area contributed by atoms with Crippen LogP contribution in [0.2, 0.25) is 0 Å². The Hall–Kier alpha value is -1.52. The summed E-state index contributed by atoms with van der Waals surface area (Å²) in [5.74, 6) is 0. The highest BCUT2D eigenvalue weighted by molar-refractivity contribution is 5.21. The summed E-state index contributed by atoms with van der Waals surface area (Å²) in [7, 11) is 0. The minimum Gasteiger partial charge on any atom is -1.00 e. The second-order valence-electron chi connectivity index (χ2n) is 4.93. The number of pyridine rings is 2. The summed E-state index contributed by atoms with van der Waals surface area (Å²) < 4.78 is 4.43. The predicted octanol–water partition coefficient (Wildman–Crippen LogP) is -3.33. The van der Waals surface area contributed by atoms with Crippen LogP contribution in [0.3, 0.4) is 0 Å². The van der Waals surface area contributed by atoms with Gasteiger partial charge in [0.05, 0.1) is 5.56 Å². The molecule has 3 aromatic rings. The van der Waals surface area contributed by atoms with Gasteiger partial charge in [-0.15, -0.1) is 9.13 Å². The molecule has 0 fully saturated rings. The molecular weight excluding hydrogens is 404 g/mol. The predicted molar refractivity (Wildman–Crippen MR) is 78.0 cm³/mol. The molecule has 0 bridgehead atoms. The van der Waals surface area contributed by atoms with Gasteiger partial charge < -0.3 is 34.0 Å². The average molecular weight is 422 g/mol. The molecule has 22 heavy (non-hydrogen) atoms. The van der Waals surface area contributed by atoms with Crippen molar-refractivity contribution in [1.82, 2.24) is 0 Å². The molecule has 0 radical (unpaired) electrons. The number of aromatic nitrogens is 2. The number of hydrogen-bond donors (Lipinski definition) is 0. The zero-order valence-electron chi connectivity index (χ0n) is 12.3. The number of halogens is 2. The van der Waals surface area contributed by atoms with Crippen LogP contribution >= 0.6 is 0 Å². The smallest absolute Gasteiger partial charge is 0.379 e. The summed E-state index contributed by atoms with van der Waals surface area (Å²) in [5, 5.41) is 0. The molecule has 4 heteroatoms. The van der Waals surface area contributed by atoms with E-state index in [1.807, 2.05) is 12.1 Å². The third-order valence-electron chi connectivity index (χ3n) is 3.42. The molecule has 0 aliphatic rings. The van der Waals surface area contributed by atoms with Crippen LogP contribution in [0.5, 0.6) is 0 Å². The van der Waals surface area contributed by atoms with E-state index in [1.54, 1.807) is 0 Å². The SMILES string of the molecule is Cc1ccc(C([n+]2ccccc2)[n+]2ccccc2)cc1.[Br-].[Br-]. The average Bonchev–Trinajstić information content (AvgIpc) is 2.52. The van der Waals surface area contributed by atoms with Gasteiger partial charge in [0.2, 0.25) is 0 Å². The zero-order valence-corrected chi connectivity index (χ0v) is 15.5. The Kier molecular flexibility index (Phi) is 7.42. The Morgan fingerprint density at radius 3 is 1.45 bits per heavy atom. The van der Waals surface area contributed by atoms with E-state index in [4.69, 9.17) is 0 Å². The Balaban J connectivity index is 0.00000121. The monoisotopic (exact) mass is 420 g/mol. The van der Waals surface area contributed by atoms with Crippen LogP contribution in [-0.2, 0) is 0 Å². The number of hydrogen-bond acceptors (Lipinski definition) is 0. The fourth-order valence-electron chi connectivity index (χ4n) is 2.39. The quantitative estimate of drug-likeness (QED) is 0.391. The van der Waals surface area contributed by atoms with Gasteiger partial charge in [0.1, 0.15) is 0 Å². The van der Waals surface area contributed by atoms with Crippen molar-refractivity contribution < 1.29 is 43.1 Å². The maximum absolute atomic E-state index is 2.21. The normalized spacial score (nSPS) is 9.73. The van der Waals surface area contributed by atoms with Crippen molar-refractivity contribution in [2.24, 2.45) is 0 Å². The first-order valence-electron chi connectivity index (χ1n) is 6.83. The van der Waals surface area contributed by atoms with E-state index in [9.17, 15) is 0 Å². The highest BCUT2D eigenvalue weighted by Gasteiger charge is 2.28. The van der Waals surface area contributed by atoms with Crippen molar-refractivity contribution >= 4 is 0 Å². The molecule has 0 saturated carbocycles. The van der Waals surface area contributed by atoms with Gasteiger partial charge in [-0.1, -0.05) is 29.8 Å². The molecule has 0 saturated heterocycles. The van der Waals surface area contributed by atoms with Gasteiger partial charge in [0.15, 0.2) is 24.8 Å².